The van der Waals surface area contributed by atoms with E-state index in [0.29, 0.717) is 5.76 Å². The number of rotatable bonds is 5. The number of nitrogens with zero attached hydrogens (tertiary/aromatic N) is 1. The predicted octanol–water partition coefficient (Wildman–Crippen LogP) is 1.88. The number of anilines is 1. The summed E-state index contributed by atoms with van der Waals surface area (Å²) in [4.78, 5) is 24.0. The standard InChI is InChI=1S/C15H16N2O6/c1-8-7-12(17-23-8)16-14(19)9(2)22-15(20)10-5-4-6-11(21-3)13(10)18/h4-7,9,18H,1-3H3,(H,16,17,19)/t9-/m1/s1. The molecule has 1 aromatic heterocycles. The minimum Gasteiger partial charge on any atom is -0.504 e. The molecule has 0 saturated heterocycles. The number of esters is 1. The minimum absolute atomic E-state index is 0.0960. The van der Waals surface area contributed by atoms with Crippen LogP contribution in [0.3, 0.4) is 0 Å². The van der Waals surface area contributed by atoms with Gasteiger partial charge >= 0.3 is 5.97 Å². The zero-order valence-corrected chi connectivity index (χ0v) is 12.8. The molecule has 2 aromatic rings. The Kier molecular flexibility index (Phi) is 4.85. The number of hydrogen-bond donors (Lipinski definition) is 2. The number of hydrogen-bond acceptors (Lipinski definition) is 7. The van der Waals surface area contributed by atoms with Crippen LogP contribution < -0.4 is 10.1 Å². The Morgan fingerprint density at radius 3 is 2.74 bits per heavy atom. The van der Waals surface area contributed by atoms with Gasteiger partial charge in [-0.2, -0.15) is 0 Å². The van der Waals surface area contributed by atoms with Crippen molar-refractivity contribution in [2.75, 3.05) is 12.4 Å². The van der Waals surface area contributed by atoms with Crippen LogP contribution in [-0.2, 0) is 9.53 Å². The molecule has 0 aliphatic rings. The largest absolute Gasteiger partial charge is 0.504 e. The number of para-hydroxylation sites is 1. The molecule has 2 N–H and O–H groups in total. The van der Waals surface area contributed by atoms with Gasteiger partial charge < -0.3 is 24.4 Å². The SMILES string of the molecule is COc1cccc(C(=O)O[C@H](C)C(=O)Nc2cc(C)on2)c1O. The summed E-state index contributed by atoms with van der Waals surface area (Å²) in [6, 6.07) is 5.92. The Hall–Kier alpha value is -3.03. The van der Waals surface area contributed by atoms with Crippen molar-refractivity contribution in [1.29, 1.82) is 0 Å². The maximum absolute atomic E-state index is 12.1. The summed E-state index contributed by atoms with van der Waals surface area (Å²) in [6.07, 6.45) is -1.09. The molecule has 2 rings (SSSR count). The van der Waals surface area contributed by atoms with Crippen molar-refractivity contribution in [2.45, 2.75) is 20.0 Å². The topological polar surface area (TPSA) is 111 Å². The normalized spacial score (nSPS) is 11.6. The Bertz CT molecular complexity index is 725. The summed E-state index contributed by atoms with van der Waals surface area (Å²) in [5.41, 5.74) is -0.0960. The molecule has 0 fully saturated rings. The van der Waals surface area contributed by atoms with E-state index < -0.39 is 18.0 Å². The van der Waals surface area contributed by atoms with Gasteiger partial charge in [0.2, 0.25) is 0 Å². The number of carbonyl (C=O) groups is 2. The van der Waals surface area contributed by atoms with E-state index in [1.54, 1.807) is 6.92 Å². The smallest absolute Gasteiger partial charge is 0.342 e. The Balaban J connectivity index is 2.03. The summed E-state index contributed by atoms with van der Waals surface area (Å²) in [6.45, 7) is 3.08. The molecule has 8 nitrogen and oxygen atoms in total. The van der Waals surface area contributed by atoms with E-state index in [9.17, 15) is 14.7 Å². The third-order valence-electron chi connectivity index (χ3n) is 2.97. The van der Waals surface area contributed by atoms with Crippen molar-refractivity contribution in [3.05, 3.63) is 35.6 Å². The van der Waals surface area contributed by atoms with Crippen molar-refractivity contribution < 1.29 is 28.7 Å². The quantitative estimate of drug-likeness (QED) is 0.809. The first-order valence-electron chi connectivity index (χ1n) is 6.73. The van der Waals surface area contributed by atoms with Crippen molar-refractivity contribution in [1.82, 2.24) is 5.16 Å². The highest BCUT2D eigenvalue weighted by atomic mass is 16.5. The fourth-order valence-corrected chi connectivity index (χ4v) is 1.78. The Morgan fingerprint density at radius 1 is 1.39 bits per heavy atom. The van der Waals surface area contributed by atoms with Crippen molar-refractivity contribution >= 4 is 17.7 Å². The molecule has 23 heavy (non-hydrogen) atoms. The van der Waals surface area contributed by atoms with E-state index in [0.717, 1.165) is 0 Å². The van der Waals surface area contributed by atoms with Gasteiger partial charge in [0.15, 0.2) is 23.4 Å². The number of amides is 1. The lowest BCUT2D eigenvalue weighted by molar-refractivity contribution is -0.123. The van der Waals surface area contributed by atoms with Crippen molar-refractivity contribution in [3.8, 4) is 11.5 Å². The number of nitrogens with one attached hydrogen (secondary N) is 1. The van der Waals surface area contributed by atoms with Gasteiger partial charge in [-0.1, -0.05) is 11.2 Å². The van der Waals surface area contributed by atoms with E-state index in [-0.39, 0.29) is 22.9 Å². The molecule has 0 saturated carbocycles. The summed E-state index contributed by atoms with van der Waals surface area (Å²) in [5.74, 6) is -0.880. The van der Waals surface area contributed by atoms with Gasteiger partial charge in [0.25, 0.3) is 5.91 Å². The number of carbonyl (C=O) groups excluding carboxylic acids is 2. The van der Waals surface area contributed by atoms with E-state index >= 15 is 0 Å². The van der Waals surface area contributed by atoms with E-state index in [1.165, 1.54) is 38.3 Å². The Labute approximate surface area is 132 Å². The van der Waals surface area contributed by atoms with Crippen molar-refractivity contribution in [2.24, 2.45) is 0 Å². The first-order chi connectivity index (χ1) is 10.9. The minimum atomic E-state index is -1.09. The van der Waals surface area contributed by atoms with Gasteiger partial charge in [0, 0.05) is 6.07 Å². The van der Waals surface area contributed by atoms with Crippen LogP contribution in [0.1, 0.15) is 23.0 Å². The number of aromatic nitrogens is 1. The van der Waals surface area contributed by atoms with Crippen LogP contribution in [0.5, 0.6) is 11.5 Å². The zero-order valence-electron chi connectivity index (χ0n) is 12.8. The number of ether oxygens (including phenoxy) is 2. The highest BCUT2D eigenvalue weighted by molar-refractivity contribution is 5.98. The van der Waals surface area contributed by atoms with E-state index in [2.05, 4.69) is 10.5 Å². The molecule has 0 aliphatic heterocycles. The fraction of sp³-hybridized carbons (Fsp3) is 0.267. The molecule has 1 atom stereocenters. The first kappa shape index (κ1) is 16.3. The molecule has 122 valence electrons. The second-order valence-electron chi connectivity index (χ2n) is 4.72. The number of aryl methyl sites for hydroxylation is 1. The van der Waals surface area contributed by atoms with Crippen LogP contribution in [-0.4, -0.2) is 35.4 Å². The zero-order chi connectivity index (χ0) is 17.0. The molecule has 1 amide bonds. The number of phenols is 1. The van der Waals surface area contributed by atoms with Gasteiger partial charge in [0.1, 0.15) is 11.3 Å². The highest BCUT2D eigenvalue weighted by Gasteiger charge is 2.23. The van der Waals surface area contributed by atoms with E-state index in [4.69, 9.17) is 14.0 Å². The van der Waals surface area contributed by atoms with Crippen LogP contribution in [0.15, 0.2) is 28.8 Å². The van der Waals surface area contributed by atoms with E-state index in [1.807, 2.05) is 0 Å². The lowest BCUT2D eigenvalue weighted by atomic mass is 10.2. The summed E-state index contributed by atoms with van der Waals surface area (Å²) in [7, 11) is 1.36. The molecular weight excluding hydrogens is 304 g/mol. The van der Waals surface area contributed by atoms with Gasteiger partial charge in [-0.05, 0) is 26.0 Å². The molecule has 1 aromatic carbocycles. The van der Waals surface area contributed by atoms with Gasteiger partial charge in [-0.15, -0.1) is 0 Å². The van der Waals surface area contributed by atoms with Crippen molar-refractivity contribution in [3.63, 3.8) is 0 Å². The van der Waals surface area contributed by atoms with Crippen LogP contribution in [0.2, 0.25) is 0 Å². The summed E-state index contributed by atoms with van der Waals surface area (Å²) >= 11 is 0. The Morgan fingerprint density at radius 2 is 2.13 bits per heavy atom. The molecule has 0 bridgehead atoms. The summed E-state index contributed by atoms with van der Waals surface area (Å²) < 4.78 is 14.8. The average molecular weight is 320 g/mol. The van der Waals surface area contributed by atoms with Crippen LogP contribution in [0.25, 0.3) is 0 Å². The monoisotopic (exact) mass is 320 g/mol. The molecule has 1 heterocycles. The number of methoxy groups -OCH3 is 1. The van der Waals surface area contributed by atoms with Gasteiger partial charge in [-0.3, -0.25) is 4.79 Å². The second kappa shape index (κ2) is 6.82. The molecular formula is C15H16N2O6. The molecule has 0 radical (unpaired) electrons. The maximum Gasteiger partial charge on any atom is 0.342 e. The lowest BCUT2D eigenvalue weighted by Gasteiger charge is -2.13. The maximum atomic E-state index is 12.1. The first-order valence-corrected chi connectivity index (χ1v) is 6.73. The fourth-order valence-electron chi connectivity index (χ4n) is 1.78. The van der Waals surface area contributed by atoms with Gasteiger partial charge in [0.05, 0.1) is 7.11 Å². The number of phenolic OH excluding ortho intramolecular Hbond substituents is 1. The van der Waals surface area contributed by atoms with Crippen LogP contribution >= 0.6 is 0 Å². The number of aromatic hydroxyl groups is 1. The average Bonchev–Trinajstić information content (AvgIpc) is 2.92. The van der Waals surface area contributed by atoms with Crippen LogP contribution in [0, 0.1) is 6.92 Å². The van der Waals surface area contributed by atoms with Crippen LogP contribution in [0.4, 0.5) is 5.82 Å². The third-order valence-corrected chi connectivity index (χ3v) is 2.97. The second-order valence-corrected chi connectivity index (χ2v) is 4.72. The number of benzene rings is 1. The molecule has 0 unspecified atom stereocenters. The predicted molar refractivity (Wildman–Crippen MR) is 79.4 cm³/mol. The molecule has 0 spiro atoms. The molecule has 0 aliphatic carbocycles. The van der Waals surface area contributed by atoms with Gasteiger partial charge in [-0.25, -0.2) is 4.79 Å². The summed E-state index contributed by atoms with van der Waals surface area (Å²) in [5, 5.41) is 16.0. The lowest BCUT2D eigenvalue weighted by Crippen LogP contribution is -2.30. The molecule has 8 heteroatoms. The highest BCUT2D eigenvalue weighted by Crippen LogP contribution is 2.30. The third kappa shape index (κ3) is 3.79.